The van der Waals surface area contributed by atoms with Crippen molar-refractivity contribution in [3.8, 4) is 5.75 Å². The van der Waals surface area contributed by atoms with Crippen LogP contribution in [0.3, 0.4) is 0 Å². The maximum Gasteiger partial charge on any atom is 0.151 e. The van der Waals surface area contributed by atoms with E-state index in [1.54, 1.807) is 0 Å². The smallest absolute Gasteiger partial charge is 0.151 e. The maximum absolute atomic E-state index is 11.0. The molecule has 0 saturated heterocycles. The molecule has 0 N–H and O–H groups in total. The summed E-state index contributed by atoms with van der Waals surface area (Å²) in [5.74, 6) is 0.908. The number of hydrogen-bond acceptors (Lipinski definition) is 2. The molecule has 19 heavy (non-hydrogen) atoms. The monoisotopic (exact) mass is 257 g/mol. The lowest BCUT2D eigenvalue weighted by Crippen LogP contribution is -2.06. The molecule has 3 heteroatoms. The third-order valence-corrected chi connectivity index (χ3v) is 3.34. The summed E-state index contributed by atoms with van der Waals surface area (Å²) >= 11 is 0. The molecule has 0 saturated carbocycles. The molecule has 0 bridgehead atoms. The van der Waals surface area contributed by atoms with Crippen LogP contribution in [0.5, 0.6) is 5.75 Å². The summed E-state index contributed by atoms with van der Waals surface area (Å²) in [6.45, 7) is 7.35. The molecule has 0 amide bonds. The number of benzene rings is 1. The molecule has 0 atom stereocenters. The molecular weight excluding hydrogens is 238 g/mol. The summed E-state index contributed by atoms with van der Waals surface area (Å²) in [5.41, 5.74) is 3.97. The van der Waals surface area contributed by atoms with Gasteiger partial charge in [0.05, 0.1) is 13.2 Å². The van der Waals surface area contributed by atoms with Crippen molar-refractivity contribution in [3.63, 3.8) is 0 Å². The standard InChI is InChI=1S/C16H19NO2/c1-4-19-16-8-6-5-7-14(16)10-17-12(2)9-15(11-18)13(17)3/h5-9,11H,4,10H2,1-3H3. The minimum Gasteiger partial charge on any atom is -0.494 e. The molecule has 0 fully saturated rings. The predicted molar refractivity (Wildman–Crippen MR) is 76.0 cm³/mol. The molecule has 0 aliphatic heterocycles. The van der Waals surface area contributed by atoms with Crippen molar-refractivity contribution in [1.29, 1.82) is 0 Å². The fourth-order valence-corrected chi connectivity index (χ4v) is 2.29. The Kier molecular flexibility index (Phi) is 4.05. The molecule has 1 aromatic heterocycles. The molecule has 0 spiro atoms. The van der Waals surface area contributed by atoms with Gasteiger partial charge in [-0.3, -0.25) is 4.79 Å². The molecule has 0 aliphatic carbocycles. The number of aldehydes is 1. The van der Waals surface area contributed by atoms with Crippen LogP contribution in [0.2, 0.25) is 0 Å². The summed E-state index contributed by atoms with van der Waals surface area (Å²) < 4.78 is 7.78. The number of hydrogen-bond donors (Lipinski definition) is 0. The van der Waals surface area contributed by atoms with Crippen molar-refractivity contribution in [2.75, 3.05) is 6.61 Å². The molecule has 2 aromatic rings. The van der Waals surface area contributed by atoms with Crippen molar-refractivity contribution in [2.45, 2.75) is 27.3 Å². The first kappa shape index (κ1) is 13.4. The van der Waals surface area contributed by atoms with E-state index in [1.165, 1.54) is 0 Å². The highest BCUT2D eigenvalue weighted by molar-refractivity contribution is 5.77. The predicted octanol–water partition coefficient (Wildman–Crippen LogP) is 3.36. The highest BCUT2D eigenvalue weighted by Gasteiger charge is 2.10. The van der Waals surface area contributed by atoms with Gasteiger partial charge < -0.3 is 9.30 Å². The summed E-state index contributed by atoms with van der Waals surface area (Å²) in [6, 6.07) is 9.94. The molecule has 1 heterocycles. The molecule has 0 radical (unpaired) electrons. The Bertz CT molecular complexity index is 584. The molecule has 0 unspecified atom stereocenters. The quantitative estimate of drug-likeness (QED) is 0.769. The van der Waals surface area contributed by atoms with Crippen LogP contribution >= 0.6 is 0 Å². The van der Waals surface area contributed by atoms with Crippen LogP contribution in [0.15, 0.2) is 30.3 Å². The molecule has 2 rings (SSSR count). The average Bonchev–Trinajstić information content (AvgIpc) is 2.68. The van der Waals surface area contributed by atoms with Gasteiger partial charge >= 0.3 is 0 Å². The first-order chi connectivity index (χ1) is 9.17. The van der Waals surface area contributed by atoms with Crippen LogP contribution in [0.25, 0.3) is 0 Å². The SMILES string of the molecule is CCOc1ccccc1Cn1c(C)cc(C=O)c1C. The first-order valence-electron chi connectivity index (χ1n) is 6.50. The Morgan fingerprint density at radius 2 is 2.00 bits per heavy atom. The lowest BCUT2D eigenvalue weighted by molar-refractivity contribution is 0.112. The van der Waals surface area contributed by atoms with E-state index >= 15 is 0 Å². The Hall–Kier alpha value is -2.03. The van der Waals surface area contributed by atoms with E-state index in [1.807, 2.05) is 45.0 Å². The van der Waals surface area contributed by atoms with Crippen LogP contribution in [0.4, 0.5) is 0 Å². The fraction of sp³-hybridized carbons (Fsp3) is 0.312. The number of rotatable bonds is 5. The Balaban J connectivity index is 2.36. The van der Waals surface area contributed by atoms with Gasteiger partial charge in [-0.05, 0) is 32.9 Å². The topological polar surface area (TPSA) is 31.2 Å². The van der Waals surface area contributed by atoms with Gasteiger partial charge in [0.1, 0.15) is 5.75 Å². The number of aryl methyl sites for hydroxylation is 1. The minimum absolute atomic E-state index is 0.653. The number of ether oxygens (including phenoxy) is 1. The molecule has 100 valence electrons. The van der Waals surface area contributed by atoms with Gasteiger partial charge in [0.2, 0.25) is 0 Å². The van der Waals surface area contributed by atoms with E-state index in [0.717, 1.165) is 41.1 Å². The number of para-hydroxylation sites is 1. The van der Waals surface area contributed by atoms with Crippen LogP contribution in [0.1, 0.15) is 34.2 Å². The van der Waals surface area contributed by atoms with Gasteiger partial charge in [0.25, 0.3) is 0 Å². The Labute approximate surface area is 113 Å². The van der Waals surface area contributed by atoms with E-state index < -0.39 is 0 Å². The zero-order valence-electron chi connectivity index (χ0n) is 11.6. The Morgan fingerprint density at radius 3 is 2.63 bits per heavy atom. The zero-order chi connectivity index (χ0) is 13.8. The van der Waals surface area contributed by atoms with Crippen molar-refractivity contribution >= 4 is 6.29 Å². The average molecular weight is 257 g/mol. The zero-order valence-corrected chi connectivity index (χ0v) is 11.6. The number of aromatic nitrogens is 1. The van der Waals surface area contributed by atoms with Gasteiger partial charge in [-0.25, -0.2) is 0 Å². The van der Waals surface area contributed by atoms with E-state index in [-0.39, 0.29) is 0 Å². The summed E-state index contributed by atoms with van der Waals surface area (Å²) in [6.07, 6.45) is 0.910. The van der Waals surface area contributed by atoms with E-state index in [9.17, 15) is 4.79 Å². The van der Waals surface area contributed by atoms with Gasteiger partial charge in [-0.2, -0.15) is 0 Å². The lowest BCUT2D eigenvalue weighted by atomic mass is 10.2. The number of carbonyl (C=O) groups is 1. The molecule has 0 aliphatic rings. The van der Waals surface area contributed by atoms with Gasteiger partial charge in [-0.1, -0.05) is 18.2 Å². The van der Waals surface area contributed by atoms with Crippen LogP contribution < -0.4 is 4.74 Å². The highest BCUT2D eigenvalue weighted by Crippen LogP contribution is 2.22. The number of carbonyl (C=O) groups excluding carboxylic acids is 1. The van der Waals surface area contributed by atoms with Crippen LogP contribution in [0, 0.1) is 13.8 Å². The van der Waals surface area contributed by atoms with Crippen molar-refractivity contribution in [3.05, 3.63) is 52.8 Å². The summed E-state index contributed by atoms with van der Waals surface area (Å²) in [4.78, 5) is 11.0. The summed E-state index contributed by atoms with van der Waals surface area (Å²) in [5, 5.41) is 0. The van der Waals surface area contributed by atoms with Gasteiger partial charge in [0, 0.05) is 22.5 Å². The third-order valence-electron chi connectivity index (χ3n) is 3.34. The minimum atomic E-state index is 0.653. The number of nitrogens with zero attached hydrogens (tertiary/aromatic N) is 1. The van der Waals surface area contributed by atoms with E-state index in [0.29, 0.717) is 6.61 Å². The normalized spacial score (nSPS) is 10.5. The van der Waals surface area contributed by atoms with Gasteiger partial charge in [-0.15, -0.1) is 0 Å². The molecule has 1 aromatic carbocycles. The van der Waals surface area contributed by atoms with Crippen LogP contribution in [-0.2, 0) is 6.54 Å². The summed E-state index contributed by atoms with van der Waals surface area (Å²) in [7, 11) is 0. The third kappa shape index (κ3) is 2.70. The molecule has 3 nitrogen and oxygen atoms in total. The lowest BCUT2D eigenvalue weighted by Gasteiger charge is -2.13. The first-order valence-corrected chi connectivity index (χ1v) is 6.50. The van der Waals surface area contributed by atoms with Crippen molar-refractivity contribution < 1.29 is 9.53 Å². The second-order valence-electron chi connectivity index (χ2n) is 4.57. The van der Waals surface area contributed by atoms with E-state index in [2.05, 4.69) is 10.6 Å². The Morgan fingerprint density at radius 1 is 1.26 bits per heavy atom. The second-order valence-corrected chi connectivity index (χ2v) is 4.57. The highest BCUT2D eigenvalue weighted by atomic mass is 16.5. The van der Waals surface area contributed by atoms with Crippen molar-refractivity contribution in [1.82, 2.24) is 4.57 Å². The fourth-order valence-electron chi connectivity index (χ4n) is 2.29. The van der Waals surface area contributed by atoms with Crippen molar-refractivity contribution in [2.24, 2.45) is 0 Å². The second kappa shape index (κ2) is 5.74. The van der Waals surface area contributed by atoms with Crippen LogP contribution in [-0.4, -0.2) is 17.5 Å². The molecular formula is C16H19NO2. The van der Waals surface area contributed by atoms with E-state index in [4.69, 9.17) is 4.74 Å². The van der Waals surface area contributed by atoms with Gasteiger partial charge in [0.15, 0.2) is 6.29 Å². The maximum atomic E-state index is 11.0. The largest absolute Gasteiger partial charge is 0.494 e.